The summed E-state index contributed by atoms with van der Waals surface area (Å²) in [7, 11) is 0. The molecule has 0 radical (unpaired) electrons. The zero-order chi connectivity index (χ0) is 23.3. The number of thiazole rings is 1. The van der Waals surface area contributed by atoms with Gasteiger partial charge in [-0.15, -0.1) is 11.3 Å². The van der Waals surface area contributed by atoms with Gasteiger partial charge in [0.2, 0.25) is 0 Å². The smallest absolute Gasteiger partial charge is 0.263 e. The van der Waals surface area contributed by atoms with Crippen molar-refractivity contribution in [2.75, 3.05) is 0 Å². The summed E-state index contributed by atoms with van der Waals surface area (Å²) >= 11 is 1.30. The lowest BCUT2D eigenvalue weighted by Crippen LogP contribution is -2.22. The number of carbonyl (C=O) groups is 1. The summed E-state index contributed by atoms with van der Waals surface area (Å²) in [6.07, 6.45) is 7.06. The number of hydrogen-bond acceptors (Lipinski definition) is 6. The molecule has 2 aromatic carbocycles. The Balaban J connectivity index is 1.30. The van der Waals surface area contributed by atoms with Crippen molar-refractivity contribution in [2.45, 2.75) is 20.0 Å². The zero-order valence-electron chi connectivity index (χ0n) is 18.5. The highest BCUT2D eigenvalue weighted by molar-refractivity contribution is 7.17. The Morgan fingerprint density at radius 1 is 0.971 bits per heavy atom. The predicted molar refractivity (Wildman–Crippen MR) is 132 cm³/mol. The Bertz CT molecular complexity index is 1400. The SMILES string of the molecule is Cc1nc(-c2ncccn2)sc1C(=O)NCc1ccccc1-c1ccc(Cn2cccn2)cc1. The van der Waals surface area contributed by atoms with E-state index in [1.807, 2.05) is 42.1 Å². The van der Waals surface area contributed by atoms with Crippen molar-refractivity contribution in [3.63, 3.8) is 0 Å². The van der Waals surface area contributed by atoms with E-state index >= 15 is 0 Å². The molecule has 0 unspecified atom stereocenters. The molecule has 0 saturated heterocycles. The highest BCUT2D eigenvalue weighted by Crippen LogP contribution is 2.27. The number of hydrogen-bond donors (Lipinski definition) is 1. The summed E-state index contributed by atoms with van der Waals surface area (Å²) in [6, 6.07) is 20.2. The number of carbonyl (C=O) groups excluding carboxylic acids is 1. The van der Waals surface area contributed by atoms with Gasteiger partial charge in [0.25, 0.3) is 5.91 Å². The van der Waals surface area contributed by atoms with Gasteiger partial charge in [-0.1, -0.05) is 48.5 Å². The van der Waals surface area contributed by atoms with Crippen molar-refractivity contribution in [3.05, 3.63) is 107 Å². The minimum atomic E-state index is -0.151. The Labute approximate surface area is 201 Å². The Morgan fingerprint density at radius 3 is 2.53 bits per heavy atom. The van der Waals surface area contributed by atoms with E-state index in [1.165, 1.54) is 16.9 Å². The molecular weight excluding hydrogens is 444 g/mol. The summed E-state index contributed by atoms with van der Waals surface area (Å²) in [5.41, 5.74) is 5.09. The normalized spacial score (nSPS) is 10.9. The average Bonchev–Trinajstić information content (AvgIpc) is 3.53. The first-order chi connectivity index (χ1) is 16.7. The molecule has 5 aromatic rings. The molecule has 3 aromatic heterocycles. The van der Waals surface area contributed by atoms with Gasteiger partial charge in [-0.2, -0.15) is 5.10 Å². The molecule has 0 bridgehead atoms. The monoisotopic (exact) mass is 466 g/mol. The number of aromatic nitrogens is 5. The maximum atomic E-state index is 12.9. The molecule has 8 heteroatoms. The van der Waals surface area contributed by atoms with Gasteiger partial charge in [-0.3, -0.25) is 9.48 Å². The van der Waals surface area contributed by atoms with E-state index in [2.05, 4.69) is 55.7 Å². The molecule has 7 nitrogen and oxygen atoms in total. The van der Waals surface area contributed by atoms with Gasteiger partial charge >= 0.3 is 0 Å². The maximum Gasteiger partial charge on any atom is 0.263 e. The van der Waals surface area contributed by atoms with Crippen LogP contribution >= 0.6 is 11.3 Å². The van der Waals surface area contributed by atoms with E-state index in [0.29, 0.717) is 27.9 Å². The number of aryl methyl sites for hydroxylation is 1. The molecule has 34 heavy (non-hydrogen) atoms. The molecule has 0 spiro atoms. The van der Waals surface area contributed by atoms with E-state index < -0.39 is 0 Å². The third-order valence-electron chi connectivity index (χ3n) is 5.39. The maximum absolute atomic E-state index is 12.9. The van der Waals surface area contributed by atoms with Crippen LogP contribution in [0.4, 0.5) is 0 Å². The van der Waals surface area contributed by atoms with Gasteiger partial charge < -0.3 is 5.32 Å². The fraction of sp³-hybridized carbons (Fsp3) is 0.115. The molecule has 0 aliphatic heterocycles. The fourth-order valence-electron chi connectivity index (χ4n) is 3.69. The van der Waals surface area contributed by atoms with Crippen molar-refractivity contribution >= 4 is 17.2 Å². The number of benzene rings is 2. The first kappa shape index (κ1) is 21.7. The average molecular weight is 467 g/mol. The number of nitrogens with one attached hydrogen (secondary N) is 1. The minimum absolute atomic E-state index is 0.151. The van der Waals surface area contributed by atoms with Gasteiger partial charge in [-0.25, -0.2) is 15.0 Å². The number of amides is 1. The summed E-state index contributed by atoms with van der Waals surface area (Å²) < 4.78 is 1.90. The molecule has 1 N–H and O–H groups in total. The van der Waals surface area contributed by atoms with Gasteiger partial charge in [-0.05, 0) is 41.3 Å². The van der Waals surface area contributed by atoms with Crippen LogP contribution in [0.15, 0.2) is 85.5 Å². The van der Waals surface area contributed by atoms with Gasteiger partial charge in [0.15, 0.2) is 10.8 Å². The summed E-state index contributed by atoms with van der Waals surface area (Å²) in [5.74, 6) is 0.373. The van der Waals surface area contributed by atoms with E-state index in [-0.39, 0.29) is 5.91 Å². The van der Waals surface area contributed by atoms with E-state index in [4.69, 9.17) is 0 Å². The van der Waals surface area contributed by atoms with Crippen molar-refractivity contribution < 1.29 is 4.79 Å². The van der Waals surface area contributed by atoms with Crippen molar-refractivity contribution in [2.24, 2.45) is 0 Å². The van der Waals surface area contributed by atoms with Crippen LogP contribution in [0.1, 0.15) is 26.5 Å². The predicted octanol–water partition coefficient (Wildman–Crippen LogP) is 4.75. The van der Waals surface area contributed by atoms with Crippen LogP contribution in [-0.2, 0) is 13.1 Å². The molecule has 0 saturated carbocycles. The highest BCUT2D eigenvalue weighted by atomic mass is 32.1. The summed E-state index contributed by atoms with van der Waals surface area (Å²) in [5, 5.41) is 7.95. The lowest BCUT2D eigenvalue weighted by molar-refractivity contribution is 0.0954. The minimum Gasteiger partial charge on any atom is -0.347 e. The van der Waals surface area contributed by atoms with Crippen LogP contribution in [-0.4, -0.2) is 30.6 Å². The van der Waals surface area contributed by atoms with Crippen LogP contribution in [0, 0.1) is 6.92 Å². The first-order valence-corrected chi connectivity index (χ1v) is 11.7. The van der Waals surface area contributed by atoms with E-state index in [0.717, 1.165) is 23.2 Å². The molecule has 1 amide bonds. The van der Waals surface area contributed by atoms with Crippen LogP contribution in [0.25, 0.3) is 22.0 Å². The fourth-order valence-corrected chi connectivity index (χ4v) is 4.63. The summed E-state index contributed by atoms with van der Waals surface area (Å²) in [6.45, 7) is 2.98. The van der Waals surface area contributed by atoms with E-state index in [9.17, 15) is 4.79 Å². The highest BCUT2D eigenvalue weighted by Gasteiger charge is 2.17. The first-order valence-electron chi connectivity index (χ1n) is 10.8. The topological polar surface area (TPSA) is 85.6 Å². The quantitative estimate of drug-likeness (QED) is 0.374. The molecular formula is C26H22N6OS. The molecule has 5 rings (SSSR count). The van der Waals surface area contributed by atoms with Crippen LogP contribution in [0.3, 0.4) is 0 Å². The van der Waals surface area contributed by atoms with Gasteiger partial charge in [0, 0.05) is 31.3 Å². The van der Waals surface area contributed by atoms with Crippen molar-refractivity contribution in [3.8, 4) is 22.0 Å². The van der Waals surface area contributed by atoms with Crippen LogP contribution in [0.2, 0.25) is 0 Å². The number of rotatable bonds is 7. The molecule has 0 fully saturated rings. The third-order valence-corrected chi connectivity index (χ3v) is 6.54. The molecule has 0 aliphatic rings. The lowest BCUT2D eigenvalue weighted by atomic mass is 9.98. The Morgan fingerprint density at radius 2 is 1.76 bits per heavy atom. The van der Waals surface area contributed by atoms with Gasteiger partial charge in [0.1, 0.15) is 4.88 Å². The van der Waals surface area contributed by atoms with Crippen molar-refractivity contribution in [1.82, 2.24) is 30.0 Å². The molecule has 3 heterocycles. The lowest BCUT2D eigenvalue weighted by Gasteiger charge is -2.12. The van der Waals surface area contributed by atoms with Gasteiger partial charge in [0.05, 0.1) is 12.2 Å². The Hall–Kier alpha value is -4.17. The zero-order valence-corrected chi connectivity index (χ0v) is 19.4. The van der Waals surface area contributed by atoms with Crippen LogP contribution < -0.4 is 5.32 Å². The second-order valence-corrected chi connectivity index (χ2v) is 8.75. The molecule has 168 valence electrons. The Kier molecular flexibility index (Phi) is 6.22. The standard InChI is InChI=1S/C26H22N6OS/c1-18-23(34-26(31-18)24-27-12-4-13-28-24)25(33)29-16-21-6-2-3-7-22(21)20-10-8-19(9-11-20)17-32-15-5-14-30-32/h2-15H,16-17H2,1H3,(H,29,33). The van der Waals surface area contributed by atoms with E-state index in [1.54, 1.807) is 24.7 Å². The third kappa shape index (κ3) is 4.77. The second-order valence-electron chi connectivity index (χ2n) is 7.75. The van der Waals surface area contributed by atoms with Crippen molar-refractivity contribution in [1.29, 1.82) is 0 Å². The molecule has 0 aliphatic carbocycles. The van der Waals surface area contributed by atoms with Crippen LogP contribution in [0.5, 0.6) is 0 Å². The second kappa shape index (κ2) is 9.76. The number of nitrogens with zero attached hydrogens (tertiary/aromatic N) is 5. The summed E-state index contributed by atoms with van der Waals surface area (Å²) in [4.78, 5) is 26.5. The molecule has 0 atom stereocenters. The largest absolute Gasteiger partial charge is 0.347 e.